The summed E-state index contributed by atoms with van der Waals surface area (Å²) < 4.78 is 5.64. The van der Waals surface area contributed by atoms with Gasteiger partial charge in [0.05, 0.1) is 12.7 Å². The summed E-state index contributed by atoms with van der Waals surface area (Å²) in [6.45, 7) is 11.3. The van der Waals surface area contributed by atoms with Gasteiger partial charge in [0.2, 0.25) is 5.69 Å². The van der Waals surface area contributed by atoms with Crippen LogP contribution in [0.25, 0.3) is 16.0 Å². The molecule has 1 fully saturated rings. The first-order chi connectivity index (χ1) is 15.8. The third-order valence-electron chi connectivity index (χ3n) is 7.78. The Hall–Kier alpha value is -3.24. The molecular weight excluding hydrogens is 414 g/mol. The Bertz CT molecular complexity index is 1190. The molecule has 1 amide bonds. The van der Waals surface area contributed by atoms with E-state index in [1.165, 1.54) is 0 Å². The Kier molecular flexibility index (Phi) is 5.02. The SMILES string of the molecule is [C-]#[N+]c1cncc(-c2ccc3c(c2)C2(N=C(N)N(C(C)C)C2=O)C2(CCC(OC)CC2)C3)c1. The van der Waals surface area contributed by atoms with Crippen molar-refractivity contribution in [2.24, 2.45) is 16.1 Å². The van der Waals surface area contributed by atoms with E-state index in [4.69, 9.17) is 22.0 Å². The first-order valence-electron chi connectivity index (χ1n) is 11.5. The summed E-state index contributed by atoms with van der Waals surface area (Å²) >= 11 is 0. The molecule has 33 heavy (non-hydrogen) atoms. The standard InChI is InChI=1S/C26H29N5O2/c1-16(2)31-23(32)26(30-24(31)27)22-12-17(19-11-20(28-3)15-29-14-19)5-6-18(22)13-25(26)9-7-21(33-4)8-10-25/h5-6,11-12,14-16,21H,7-10,13H2,1-2,4H3,(H2,27,30). The fourth-order valence-electron chi connectivity index (χ4n) is 6.16. The van der Waals surface area contributed by atoms with Crippen molar-refractivity contribution in [2.75, 3.05) is 7.11 Å². The highest BCUT2D eigenvalue weighted by Crippen LogP contribution is 2.62. The zero-order valence-corrected chi connectivity index (χ0v) is 19.3. The molecule has 0 bridgehead atoms. The number of carbonyl (C=O) groups excluding carboxylic acids is 1. The van der Waals surface area contributed by atoms with Crippen LogP contribution in [0.2, 0.25) is 0 Å². The van der Waals surface area contributed by atoms with E-state index in [0.717, 1.165) is 54.4 Å². The maximum Gasteiger partial charge on any atom is 0.262 e. The van der Waals surface area contributed by atoms with E-state index >= 15 is 0 Å². The number of aromatic nitrogens is 1. The van der Waals surface area contributed by atoms with Crippen molar-refractivity contribution in [1.82, 2.24) is 9.88 Å². The Balaban J connectivity index is 1.68. The Morgan fingerprint density at radius 3 is 2.61 bits per heavy atom. The molecule has 5 rings (SSSR count). The Labute approximate surface area is 194 Å². The number of ether oxygens (including phenoxy) is 1. The number of hydrogen-bond acceptors (Lipinski definition) is 5. The average Bonchev–Trinajstić information content (AvgIpc) is 3.25. The van der Waals surface area contributed by atoms with Crippen molar-refractivity contribution in [3.8, 4) is 11.1 Å². The minimum Gasteiger partial charge on any atom is -0.381 e. The predicted octanol–water partition coefficient (Wildman–Crippen LogP) is 4.19. The fourth-order valence-corrected chi connectivity index (χ4v) is 6.16. The molecular formula is C26H29N5O2. The van der Waals surface area contributed by atoms with E-state index in [9.17, 15) is 4.79 Å². The molecule has 3 aliphatic rings. The van der Waals surface area contributed by atoms with Gasteiger partial charge in [0.1, 0.15) is 0 Å². The number of fused-ring (bicyclic) bond motifs is 3. The number of guanidine groups is 1. The zero-order chi connectivity index (χ0) is 23.4. The van der Waals surface area contributed by atoms with Gasteiger partial charge in [-0.2, -0.15) is 0 Å². The van der Waals surface area contributed by atoms with Crippen LogP contribution in [0.5, 0.6) is 0 Å². The summed E-state index contributed by atoms with van der Waals surface area (Å²) in [5.41, 5.74) is 9.44. The maximum atomic E-state index is 14.2. The van der Waals surface area contributed by atoms with Crippen molar-refractivity contribution in [3.05, 3.63) is 59.2 Å². The number of amides is 1. The second kappa shape index (κ2) is 7.67. The van der Waals surface area contributed by atoms with Gasteiger partial charge in [-0.15, -0.1) is 0 Å². The molecule has 1 saturated carbocycles. The Morgan fingerprint density at radius 2 is 1.97 bits per heavy atom. The average molecular weight is 444 g/mol. The normalized spacial score (nSPS) is 28.5. The highest BCUT2D eigenvalue weighted by Gasteiger charge is 2.66. The number of pyridine rings is 1. The molecule has 1 aliphatic heterocycles. The second-order valence-corrected chi connectivity index (χ2v) is 9.76. The molecule has 1 aromatic heterocycles. The number of methoxy groups -OCH3 is 1. The van der Waals surface area contributed by atoms with Gasteiger partial charge >= 0.3 is 0 Å². The second-order valence-electron chi connectivity index (χ2n) is 9.76. The van der Waals surface area contributed by atoms with E-state index in [1.807, 2.05) is 19.9 Å². The third-order valence-corrected chi connectivity index (χ3v) is 7.78. The van der Waals surface area contributed by atoms with Crippen molar-refractivity contribution < 1.29 is 9.53 Å². The lowest BCUT2D eigenvalue weighted by molar-refractivity contribution is -0.139. The summed E-state index contributed by atoms with van der Waals surface area (Å²) in [5.74, 6) is 0.285. The molecule has 2 aromatic rings. The molecule has 0 radical (unpaired) electrons. The highest BCUT2D eigenvalue weighted by atomic mass is 16.5. The number of rotatable bonds is 3. The molecule has 2 spiro atoms. The van der Waals surface area contributed by atoms with Gasteiger partial charge in [-0.05, 0) is 80.3 Å². The van der Waals surface area contributed by atoms with Crippen molar-refractivity contribution in [2.45, 2.75) is 63.6 Å². The summed E-state index contributed by atoms with van der Waals surface area (Å²) in [5, 5.41) is 0. The highest BCUT2D eigenvalue weighted by molar-refractivity contribution is 6.08. The summed E-state index contributed by atoms with van der Waals surface area (Å²) in [6, 6.07) is 8.02. The van der Waals surface area contributed by atoms with Crippen molar-refractivity contribution >= 4 is 17.6 Å². The molecule has 0 saturated heterocycles. The van der Waals surface area contributed by atoms with E-state index in [2.05, 4.69) is 28.0 Å². The fraction of sp³-hybridized carbons (Fsp3) is 0.462. The molecule has 1 aromatic carbocycles. The molecule has 7 heteroatoms. The summed E-state index contributed by atoms with van der Waals surface area (Å²) in [7, 11) is 1.76. The smallest absolute Gasteiger partial charge is 0.262 e. The number of nitrogens with zero attached hydrogens (tertiary/aromatic N) is 4. The van der Waals surface area contributed by atoms with E-state index < -0.39 is 5.54 Å². The van der Waals surface area contributed by atoms with Crippen LogP contribution in [0.4, 0.5) is 5.69 Å². The van der Waals surface area contributed by atoms with Crippen LogP contribution in [0.15, 0.2) is 41.7 Å². The zero-order valence-electron chi connectivity index (χ0n) is 19.3. The van der Waals surface area contributed by atoms with E-state index in [1.54, 1.807) is 24.4 Å². The van der Waals surface area contributed by atoms with Crippen LogP contribution in [0, 0.1) is 12.0 Å². The maximum absolute atomic E-state index is 14.2. The van der Waals surface area contributed by atoms with Crippen LogP contribution in [0.1, 0.15) is 50.7 Å². The van der Waals surface area contributed by atoms with E-state index in [0.29, 0.717) is 11.6 Å². The van der Waals surface area contributed by atoms with Crippen LogP contribution in [0.3, 0.4) is 0 Å². The first kappa shape index (κ1) is 21.6. The van der Waals surface area contributed by atoms with Gasteiger partial charge in [0.25, 0.3) is 5.91 Å². The molecule has 2 heterocycles. The number of benzene rings is 1. The number of aliphatic imine (C=N–C) groups is 1. The quantitative estimate of drug-likeness (QED) is 0.721. The minimum atomic E-state index is -1.02. The largest absolute Gasteiger partial charge is 0.381 e. The molecule has 7 nitrogen and oxygen atoms in total. The van der Waals surface area contributed by atoms with Crippen LogP contribution >= 0.6 is 0 Å². The summed E-state index contributed by atoms with van der Waals surface area (Å²) in [4.78, 5) is 28.6. The van der Waals surface area contributed by atoms with E-state index in [-0.39, 0.29) is 23.5 Å². The van der Waals surface area contributed by atoms with Crippen LogP contribution in [-0.4, -0.2) is 41.0 Å². The van der Waals surface area contributed by atoms with Gasteiger partial charge in [0.15, 0.2) is 11.5 Å². The molecule has 2 aliphatic carbocycles. The lowest BCUT2D eigenvalue weighted by Crippen LogP contribution is -2.53. The monoisotopic (exact) mass is 443 g/mol. The molecule has 1 atom stereocenters. The number of carbonyl (C=O) groups is 1. The topological polar surface area (TPSA) is 85.2 Å². The summed E-state index contributed by atoms with van der Waals surface area (Å²) in [6.07, 6.45) is 7.85. The predicted molar refractivity (Wildman–Crippen MR) is 127 cm³/mol. The van der Waals surface area contributed by atoms with Gasteiger partial charge in [-0.25, -0.2) is 9.84 Å². The van der Waals surface area contributed by atoms with Gasteiger partial charge in [0, 0.05) is 31.0 Å². The van der Waals surface area contributed by atoms with Crippen LogP contribution < -0.4 is 5.73 Å². The first-order valence-corrected chi connectivity index (χ1v) is 11.5. The van der Waals surface area contributed by atoms with Gasteiger partial charge in [-0.1, -0.05) is 12.1 Å². The lowest BCUT2D eigenvalue weighted by Gasteiger charge is -2.45. The van der Waals surface area contributed by atoms with Gasteiger partial charge in [-0.3, -0.25) is 14.7 Å². The third kappa shape index (κ3) is 3.01. The number of nitrogens with two attached hydrogens (primary N) is 1. The molecule has 1 unspecified atom stereocenters. The molecule has 2 N–H and O–H groups in total. The van der Waals surface area contributed by atoms with Crippen molar-refractivity contribution in [1.29, 1.82) is 0 Å². The molecule has 170 valence electrons. The van der Waals surface area contributed by atoms with Crippen LogP contribution in [-0.2, 0) is 21.5 Å². The minimum absolute atomic E-state index is 0.0187. The van der Waals surface area contributed by atoms with Gasteiger partial charge < -0.3 is 10.5 Å². The lowest BCUT2D eigenvalue weighted by atomic mass is 9.61. The Morgan fingerprint density at radius 1 is 1.21 bits per heavy atom. The van der Waals surface area contributed by atoms with Crippen molar-refractivity contribution in [3.63, 3.8) is 0 Å². The number of hydrogen-bond donors (Lipinski definition) is 1.